The van der Waals surface area contributed by atoms with Gasteiger partial charge in [0.05, 0.1) is 19.8 Å². The predicted octanol–water partition coefficient (Wildman–Crippen LogP) is 2.36. The van der Waals surface area contributed by atoms with Crippen LogP contribution in [-0.4, -0.2) is 68.7 Å². The van der Waals surface area contributed by atoms with Crippen molar-refractivity contribution in [1.82, 2.24) is 15.1 Å². The number of methoxy groups -OCH3 is 2. The van der Waals surface area contributed by atoms with E-state index >= 15 is 0 Å². The Morgan fingerprint density at radius 2 is 1.81 bits per heavy atom. The van der Waals surface area contributed by atoms with Gasteiger partial charge in [0.2, 0.25) is 0 Å². The second-order valence-corrected chi connectivity index (χ2v) is 7.18. The van der Waals surface area contributed by atoms with E-state index in [9.17, 15) is 9.59 Å². The molecule has 2 fully saturated rings. The smallest absolute Gasteiger partial charge is 0.320 e. The first-order chi connectivity index (χ1) is 13.1. The molecule has 3 amide bonds. The van der Waals surface area contributed by atoms with Crippen LogP contribution in [0.25, 0.3) is 0 Å². The molecule has 7 nitrogen and oxygen atoms in total. The summed E-state index contributed by atoms with van der Waals surface area (Å²) in [5.74, 6) is 1.05. The van der Waals surface area contributed by atoms with E-state index in [0.29, 0.717) is 30.2 Å². The fourth-order valence-electron chi connectivity index (χ4n) is 3.91. The van der Waals surface area contributed by atoms with Gasteiger partial charge in [-0.1, -0.05) is 6.07 Å². The molecule has 2 saturated heterocycles. The standard InChI is InChI=1S/C20H29N3O4/c1-26-17-9-5-8-16(18(17)27-2)19(24)21-13-15-7-6-12-23(14-15)20(25)22-10-3-4-11-22/h5,8-9,15H,3-4,6-7,10-14H2,1-2H3,(H,21,24)/t15-/m0/s1. The highest BCUT2D eigenvalue weighted by Crippen LogP contribution is 2.30. The number of nitrogens with zero attached hydrogens (tertiary/aromatic N) is 2. The first kappa shape index (κ1) is 19.3. The van der Waals surface area contributed by atoms with Gasteiger partial charge in [0.1, 0.15) is 0 Å². The van der Waals surface area contributed by atoms with Crippen molar-refractivity contribution in [1.29, 1.82) is 0 Å². The summed E-state index contributed by atoms with van der Waals surface area (Å²) in [6.45, 7) is 3.79. The Morgan fingerprint density at radius 1 is 1.07 bits per heavy atom. The molecule has 2 aliphatic rings. The van der Waals surface area contributed by atoms with E-state index in [0.717, 1.165) is 45.3 Å². The summed E-state index contributed by atoms with van der Waals surface area (Å²) >= 11 is 0. The number of benzene rings is 1. The minimum Gasteiger partial charge on any atom is -0.493 e. The monoisotopic (exact) mass is 375 g/mol. The van der Waals surface area contributed by atoms with Crippen LogP contribution in [0, 0.1) is 5.92 Å². The number of hydrogen-bond acceptors (Lipinski definition) is 4. The lowest BCUT2D eigenvalue weighted by Crippen LogP contribution is -2.48. The van der Waals surface area contributed by atoms with E-state index in [1.807, 2.05) is 9.80 Å². The highest BCUT2D eigenvalue weighted by Gasteiger charge is 2.28. The fraction of sp³-hybridized carbons (Fsp3) is 0.600. The topological polar surface area (TPSA) is 71.1 Å². The van der Waals surface area contributed by atoms with E-state index in [4.69, 9.17) is 9.47 Å². The van der Waals surface area contributed by atoms with Crippen molar-refractivity contribution in [2.45, 2.75) is 25.7 Å². The number of ether oxygens (including phenoxy) is 2. The normalized spacial score (nSPS) is 19.7. The van der Waals surface area contributed by atoms with Crippen LogP contribution in [0.3, 0.4) is 0 Å². The minimum absolute atomic E-state index is 0.151. The maximum absolute atomic E-state index is 12.6. The molecule has 1 atom stereocenters. The van der Waals surface area contributed by atoms with Crippen LogP contribution in [0.4, 0.5) is 4.79 Å². The molecule has 0 aliphatic carbocycles. The molecule has 7 heteroatoms. The molecule has 2 aliphatic heterocycles. The van der Waals surface area contributed by atoms with Crippen LogP contribution in [0.15, 0.2) is 18.2 Å². The molecule has 2 heterocycles. The highest BCUT2D eigenvalue weighted by molar-refractivity contribution is 5.97. The van der Waals surface area contributed by atoms with Crippen molar-refractivity contribution in [2.24, 2.45) is 5.92 Å². The third kappa shape index (κ3) is 4.46. The maximum atomic E-state index is 12.6. The highest BCUT2D eigenvalue weighted by atomic mass is 16.5. The number of hydrogen-bond donors (Lipinski definition) is 1. The summed E-state index contributed by atoms with van der Waals surface area (Å²) in [6, 6.07) is 5.41. The van der Waals surface area contributed by atoms with Crippen molar-refractivity contribution in [3.05, 3.63) is 23.8 Å². The average Bonchev–Trinajstić information content (AvgIpc) is 3.25. The molecule has 27 heavy (non-hydrogen) atoms. The summed E-state index contributed by atoms with van der Waals surface area (Å²) in [5.41, 5.74) is 0.456. The summed E-state index contributed by atoms with van der Waals surface area (Å²) in [6.07, 6.45) is 4.19. The fourth-order valence-corrected chi connectivity index (χ4v) is 3.91. The van der Waals surface area contributed by atoms with Gasteiger partial charge in [0.15, 0.2) is 11.5 Å². The van der Waals surface area contributed by atoms with Gasteiger partial charge in [-0.3, -0.25) is 4.79 Å². The number of urea groups is 1. The van der Waals surface area contributed by atoms with Crippen LogP contribution < -0.4 is 14.8 Å². The van der Waals surface area contributed by atoms with Crippen LogP contribution in [0.5, 0.6) is 11.5 Å². The van der Waals surface area contributed by atoms with Gasteiger partial charge in [-0.05, 0) is 43.7 Å². The molecule has 0 bridgehead atoms. The average molecular weight is 375 g/mol. The van der Waals surface area contributed by atoms with Gasteiger partial charge >= 0.3 is 6.03 Å². The number of rotatable bonds is 5. The van der Waals surface area contributed by atoms with Crippen molar-refractivity contribution in [2.75, 3.05) is 46.9 Å². The predicted molar refractivity (Wildman–Crippen MR) is 102 cm³/mol. The van der Waals surface area contributed by atoms with Crippen molar-refractivity contribution in [3.63, 3.8) is 0 Å². The van der Waals surface area contributed by atoms with Gasteiger partial charge in [-0.25, -0.2) is 4.79 Å². The number of carbonyl (C=O) groups excluding carboxylic acids is 2. The van der Waals surface area contributed by atoms with E-state index in [-0.39, 0.29) is 17.9 Å². The van der Waals surface area contributed by atoms with Crippen LogP contribution in [-0.2, 0) is 0 Å². The van der Waals surface area contributed by atoms with E-state index < -0.39 is 0 Å². The summed E-state index contributed by atoms with van der Waals surface area (Å²) in [5, 5.41) is 3.00. The number of nitrogens with one attached hydrogen (secondary N) is 1. The number of carbonyl (C=O) groups is 2. The van der Waals surface area contributed by atoms with Crippen LogP contribution in [0.1, 0.15) is 36.0 Å². The minimum atomic E-state index is -0.186. The molecule has 0 aromatic heterocycles. The molecule has 0 spiro atoms. The van der Waals surface area contributed by atoms with E-state index in [1.165, 1.54) is 7.11 Å². The third-order valence-corrected chi connectivity index (χ3v) is 5.36. The Hall–Kier alpha value is -2.44. The molecule has 1 aromatic carbocycles. The number of likely N-dealkylation sites (tertiary alicyclic amines) is 2. The Morgan fingerprint density at radius 3 is 2.52 bits per heavy atom. The second-order valence-electron chi connectivity index (χ2n) is 7.18. The first-order valence-electron chi connectivity index (χ1n) is 9.67. The van der Waals surface area contributed by atoms with Gasteiger partial charge in [-0.15, -0.1) is 0 Å². The lowest BCUT2D eigenvalue weighted by molar-refractivity contribution is 0.0930. The molecule has 3 rings (SSSR count). The quantitative estimate of drug-likeness (QED) is 0.858. The Bertz CT molecular complexity index is 673. The lowest BCUT2D eigenvalue weighted by Gasteiger charge is -2.35. The molecule has 1 N–H and O–H groups in total. The van der Waals surface area contributed by atoms with Crippen molar-refractivity contribution >= 4 is 11.9 Å². The number of amides is 3. The van der Waals surface area contributed by atoms with Crippen molar-refractivity contribution < 1.29 is 19.1 Å². The van der Waals surface area contributed by atoms with Crippen molar-refractivity contribution in [3.8, 4) is 11.5 Å². The van der Waals surface area contributed by atoms with Gasteiger partial charge in [0, 0.05) is 32.7 Å². The largest absolute Gasteiger partial charge is 0.493 e. The number of para-hydroxylation sites is 1. The van der Waals surface area contributed by atoms with Crippen LogP contribution in [0.2, 0.25) is 0 Å². The third-order valence-electron chi connectivity index (χ3n) is 5.36. The lowest BCUT2D eigenvalue weighted by atomic mass is 9.98. The molecule has 0 unspecified atom stereocenters. The van der Waals surface area contributed by atoms with E-state index in [1.54, 1.807) is 25.3 Å². The zero-order valence-electron chi connectivity index (χ0n) is 16.2. The Balaban J connectivity index is 1.56. The summed E-state index contributed by atoms with van der Waals surface area (Å²) < 4.78 is 10.6. The Labute approximate surface area is 160 Å². The van der Waals surface area contributed by atoms with E-state index in [2.05, 4.69) is 5.32 Å². The molecule has 0 radical (unpaired) electrons. The molecular formula is C20H29N3O4. The van der Waals surface area contributed by atoms with Gasteiger partial charge in [0.25, 0.3) is 5.91 Å². The van der Waals surface area contributed by atoms with Gasteiger partial charge < -0.3 is 24.6 Å². The SMILES string of the molecule is COc1cccc(C(=O)NC[C@@H]2CCCN(C(=O)N3CCCC3)C2)c1OC. The zero-order chi connectivity index (χ0) is 19.2. The Kier molecular flexibility index (Phi) is 6.42. The second kappa shape index (κ2) is 8.97. The number of piperidine rings is 1. The molecule has 1 aromatic rings. The molecule has 148 valence electrons. The first-order valence-corrected chi connectivity index (χ1v) is 9.67. The van der Waals surface area contributed by atoms with Crippen LogP contribution >= 0.6 is 0 Å². The molecular weight excluding hydrogens is 346 g/mol. The summed E-state index contributed by atoms with van der Waals surface area (Å²) in [4.78, 5) is 29.1. The van der Waals surface area contributed by atoms with Gasteiger partial charge in [-0.2, -0.15) is 0 Å². The zero-order valence-corrected chi connectivity index (χ0v) is 16.2. The molecule has 0 saturated carbocycles. The maximum Gasteiger partial charge on any atom is 0.320 e. The summed E-state index contributed by atoms with van der Waals surface area (Å²) in [7, 11) is 3.07.